The highest BCUT2D eigenvalue weighted by molar-refractivity contribution is 6.30. The molecule has 0 unspecified atom stereocenters. The Labute approximate surface area is 106 Å². The van der Waals surface area contributed by atoms with Gasteiger partial charge >= 0.3 is 5.97 Å². The fourth-order valence-electron chi connectivity index (χ4n) is 1.99. The van der Waals surface area contributed by atoms with Gasteiger partial charge in [0.1, 0.15) is 5.54 Å². The highest BCUT2D eigenvalue weighted by atomic mass is 35.5. The van der Waals surface area contributed by atoms with E-state index in [1.807, 2.05) is 19.1 Å². The molecule has 0 aliphatic heterocycles. The van der Waals surface area contributed by atoms with Gasteiger partial charge in [0.05, 0.1) is 6.61 Å². The number of halogens is 1. The van der Waals surface area contributed by atoms with Crippen LogP contribution in [-0.2, 0) is 9.53 Å². The Balaban J connectivity index is 2.09. The van der Waals surface area contributed by atoms with Crippen LogP contribution in [0.3, 0.4) is 0 Å². The van der Waals surface area contributed by atoms with Gasteiger partial charge in [0.2, 0.25) is 0 Å². The summed E-state index contributed by atoms with van der Waals surface area (Å²) in [6, 6.07) is 7.37. The zero-order chi connectivity index (χ0) is 12.3. The van der Waals surface area contributed by atoms with E-state index in [2.05, 4.69) is 5.32 Å². The Kier molecular flexibility index (Phi) is 3.57. The van der Waals surface area contributed by atoms with Gasteiger partial charge in [0.15, 0.2) is 0 Å². The van der Waals surface area contributed by atoms with E-state index in [9.17, 15) is 4.79 Å². The SMILES string of the molecule is CCOC(=O)C1(Nc2ccc(Cl)cc2)CCC1. The number of ether oxygens (including phenoxy) is 1. The number of esters is 1. The molecule has 0 radical (unpaired) electrons. The fourth-order valence-corrected chi connectivity index (χ4v) is 2.12. The van der Waals surface area contributed by atoms with Crippen LogP contribution in [0.15, 0.2) is 24.3 Å². The van der Waals surface area contributed by atoms with Crippen molar-refractivity contribution in [2.45, 2.75) is 31.7 Å². The molecule has 4 heteroatoms. The summed E-state index contributed by atoms with van der Waals surface area (Å²) in [4.78, 5) is 11.9. The maximum atomic E-state index is 11.9. The molecule has 0 saturated heterocycles. The minimum absolute atomic E-state index is 0.152. The Morgan fingerprint density at radius 3 is 2.53 bits per heavy atom. The molecule has 1 N–H and O–H groups in total. The molecular weight excluding hydrogens is 238 g/mol. The molecule has 1 saturated carbocycles. The Morgan fingerprint density at radius 1 is 1.41 bits per heavy atom. The van der Waals surface area contributed by atoms with Crippen molar-refractivity contribution in [3.8, 4) is 0 Å². The number of benzene rings is 1. The maximum absolute atomic E-state index is 11.9. The van der Waals surface area contributed by atoms with Crippen LogP contribution in [0.2, 0.25) is 5.02 Å². The minimum Gasteiger partial charge on any atom is -0.464 e. The second-order valence-corrected chi connectivity index (χ2v) is 4.72. The minimum atomic E-state index is -0.524. The first kappa shape index (κ1) is 12.2. The van der Waals surface area contributed by atoms with E-state index < -0.39 is 5.54 Å². The largest absolute Gasteiger partial charge is 0.464 e. The Morgan fingerprint density at radius 2 is 2.06 bits per heavy atom. The second-order valence-electron chi connectivity index (χ2n) is 4.29. The molecule has 1 fully saturated rings. The molecule has 1 aliphatic rings. The zero-order valence-corrected chi connectivity index (χ0v) is 10.6. The lowest BCUT2D eigenvalue weighted by molar-refractivity contribution is -0.151. The van der Waals surface area contributed by atoms with Crippen LogP contribution in [0.4, 0.5) is 5.69 Å². The van der Waals surface area contributed by atoms with Gasteiger partial charge in [-0.05, 0) is 50.5 Å². The summed E-state index contributed by atoms with van der Waals surface area (Å²) in [5.41, 5.74) is 0.381. The van der Waals surface area contributed by atoms with Gasteiger partial charge in [0, 0.05) is 10.7 Å². The standard InChI is InChI=1S/C13H16ClNO2/c1-2-17-12(16)13(8-3-9-13)15-11-6-4-10(14)5-7-11/h4-7,15H,2-3,8-9H2,1H3. The normalized spacial score (nSPS) is 17.1. The van der Waals surface area contributed by atoms with Crippen molar-refractivity contribution >= 4 is 23.3 Å². The highest BCUT2D eigenvalue weighted by Crippen LogP contribution is 2.36. The summed E-state index contributed by atoms with van der Waals surface area (Å²) in [6.07, 6.45) is 2.71. The van der Waals surface area contributed by atoms with Gasteiger partial charge in [-0.15, -0.1) is 0 Å². The predicted molar refractivity (Wildman–Crippen MR) is 68.3 cm³/mol. The van der Waals surface area contributed by atoms with Crippen LogP contribution in [0, 0.1) is 0 Å². The molecule has 0 heterocycles. The van der Waals surface area contributed by atoms with E-state index in [1.165, 1.54) is 0 Å². The van der Waals surface area contributed by atoms with Gasteiger partial charge in [-0.1, -0.05) is 11.6 Å². The molecule has 0 bridgehead atoms. The molecule has 0 atom stereocenters. The van der Waals surface area contributed by atoms with Gasteiger partial charge in [-0.2, -0.15) is 0 Å². The topological polar surface area (TPSA) is 38.3 Å². The van der Waals surface area contributed by atoms with Crippen molar-refractivity contribution in [1.82, 2.24) is 0 Å². The molecule has 1 aromatic rings. The average Bonchev–Trinajstić information content (AvgIpc) is 2.26. The molecule has 0 amide bonds. The number of nitrogens with one attached hydrogen (secondary N) is 1. The number of hydrogen-bond donors (Lipinski definition) is 1. The quantitative estimate of drug-likeness (QED) is 0.838. The summed E-state index contributed by atoms with van der Waals surface area (Å²) in [7, 11) is 0. The van der Waals surface area contributed by atoms with E-state index in [4.69, 9.17) is 16.3 Å². The van der Waals surface area contributed by atoms with Crippen molar-refractivity contribution < 1.29 is 9.53 Å². The van der Waals surface area contributed by atoms with Crippen molar-refractivity contribution in [1.29, 1.82) is 0 Å². The molecular formula is C13H16ClNO2. The third-order valence-corrected chi connectivity index (χ3v) is 3.35. The first-order valence-electron chi connectivity index (χ1n) is 5.87. The Bertz CT molecular complexity index is 398. The molecule has 1 aromatic carbocycles. The van der Waals surface area contributed by atoms with E-state index in [0.29, 0.717) is 11.6 Å². The number of anilines is 1. The molecule has 17 heavy (non-hydrogen) atoms. The van der Waals surface area contributed by atoms with Gasteiger partial charge in [0.25, 0.3) is 0 Å². The second kappa shape index (κ2) is 4.96. The van der Waals surface area contributed by atoms with Gasteiger partial charge in [-0.25, -0.2) is 4.79 Å². The predicted octanol–water partition coefficient (Wildman–Crippen LogP) is 3.24. The molecule has 92 valence electrons. The lowest BCUT2D eigenvalue weighted by Crippen LogP contribution is -2.53. The van der Waals surface area contributed by atoms with Gasteiger partial charge < -0.3 is 10.1 Å². The van der Waals surface area contributed by atoms with E-state index in [1.54, 1.807) is 12.1 Å². The van der Waals surface area contributed by atoms with Crippen molar-refractivity contribution in [3.05, 3.63) is 29.3 Å². The fraction of sp³-hybridized carbons (Fsp3) is 0.462. The third-order valence-electron chi connectivity index (χ3n) is 3.10. The summed E-state index contributed by atoms with van der Waals surface area (Å²) in [6.45, 7) is 2.25. The van der Waals surface area contributed by atoms with Gasteiger partial charge in [-0.3, -0.25) is 0 Å². The summed E-state index contributed by atoms with van der Waals surface area (Å²) < 4.78 is 5.12. The number of hydrogen-bond acceptors (Lipinski definition) is 3. The lowest BCUT2D eigenvalue weighted by atomic mass is 9.76. The monoisotopic (exact) mass is 253 g/mol. The zero-order valence-electron chi connectivity index (χ0n) is 9.83. The number of carbonyl (C=O) groups is 1. The average molecular weight is 254 g/mol. The maximum Gasteiger partial charge on any atom is 0.331 e. The molecule has 0 spiro atoms. The number of rotatable bonds is 4. The van der Waals surface area contributed by atoms with Crippen LogP contribution in [0.25, 0.3) is 0 Å². The molecule has 1 aliphatic carbocycles. The highest BCUT2D eigenvalue weighted by Gasteiger charge is 2.45. The van der Waals surface area contributed by atoms with E-state index in [0.717, 1.165) is 24.9 Å². The molecule has 2 rings (SSSR count). The van der Waals surface area contributed by atoms with Crippen LogP contribution in [-0.4, -0.2) is 18.1 Å². The lowest BCUT2D eigenvalue weighted by Gasteiger charge is -2.40. The van der Waals surface area contributed by atoms with Crippen LogP contribution >= 0.6 is 11.6 Å². The van der Waals surface area contributed by atoms with Crippen molar-refractivity contribution in [3.63, 3.8) is 0 Å². The third kappa shape index (κ3) is 2.55. The summed E-state index contributed by atoms with van der Waals surface area (Å²) in [5.74, 6) is -0.152. The smallest absolute Gasteiger partial charge is 0.331 e. The summed E-state index contributed by atoms with van der Waals surface area (Å²) in [5, 5.41) is 3.96. The Hall–Kier alpha value is -1.22. The first-order chi connectivity index (χ1) is 8.16. The van der Waals surface area contributed by atoms with Crippen molar-refractivity contribution in [2.24, 2.45) is 0 Å². The van der Waals surface area contributed by atoms with Crippen LogP contribution in [0.5, 0.6) is 0 Å². The first-order valence-corrected chi connectivity index (χ1v) is 6.25. The summed E-state index contributed by atoms with van der Waals surface area (Å²) >= 11 is 5.82. The van der Waals surface area contributed by atoms with E-state index >= 15 is 0 Å². The number of carbonyl (C=O) groups excluding carboxylic acids is 1. The van der Waals surface area contributed by atoms with E-state index in [-0.39, 0.29) is 5.97 Å². The molecule has 0 aromatic heterocycles. The van der Waals surface area contributed by atoms with Crippen molar-refractivity contribution in [2.75, 3.05) is 11.9 Å². The van der Waals surface area contributed by atoms with Crippen LogP contribution < -0.4 is 5.32 Å². The molecule has 3 nitrogen and oxygen atoms in total. The van der Waals surface area contributed by atoms with Crippen LogP contribution in [0.1, 0.15) is 26.2 Å².